The van der Waals surface area contributed by atoms with Crippen molar-refractivity contribution in [3.63, 3.8) is 0 Å². The highest BCUT2D eigenvalue weighted by Crippen LogP contribution is 2.26. The zero-order valence-electron chi connectivity index (χ0n) is 10.3. The fraction of sp³-hybridized carbons (Fsp3) is 0.250. The summed E-state index contributed by atoms with van der Waals surface area (Å²) < 4.78 is 5.53. The summed E-state index contributed by atoms with van der Waals surface area (Å²) in [6.45, 7) is 2.41. The molecule has 19 heavy (non-hydrogen) atoms. The summed E-state index contributed by atoms with van der Waals surface area (Å²) in [6.07, 6.45) is 0.743. The summed E-state index contributed by atoms with van der Waals surface area (Å²) in [7, 11) is 0. The van der Waals surface area contributed by atoms with Crippen molar-refractivity contribution in [2.45, 2.75) is 13.3 Å². The molecular formula is C12H13N3O3S. The maximum absolute atomic E-state index is 10.6. The van der Waals surface area contributed by atoms with Crippen LogP contribution >= 0.6 is 11.3 Å². The third-order valence-corrected chi connectivity index (χ3v) is 3.63. The highest BCUT2D eigenvalue weighted by Gasteiger charge is 2.09. The molecule has 0 amide bonds. The molecule has 2 aromatic rings. The molecule has 1 heterocycles. The second-order valence-electron chi connectivity index (χ2n) is 3.94. The number of non-ortho nitro benzene ring substituents is 1. The highest BCUT2D eigenvalue weighted by molar-refractivity contribution is 7.09. The van der Waals surface area contributed by atoms with E-state index >= 15 is 0 Å². The Balaban J connectivity index is 1.96. The summed E-state index contributed by atoms with van der Waals surface area (Å²) in [5.41, 5.74) is 8.75. The average Bonchev–Trinajstić information content (AvgIpc) is 2.77. The number of nitrogen functional groups attached to an aromatic ring is 1. The topological polar surface area (TPSA) is 91.3 Å². The lowest BCUT2D eigenvalue weighted by Gasteiger charge is -2.08. The molecule has 0 spiro atoms. The van der Waals surface area contributed by atoms with E-state index in [0.29, 0.717) is 12.4 Å². The van der Waals surface area contributed by atoms with Crippen LogP contribution in [0, 0.1) is 17.0 Å². The third kappa shape index (κ3) is 3.19. The van der Waals surface area contributed by atoms with Gasteiger partial charge in [0, 0.05) is 23.4 Å². The van der Waals surface area contributed by atoms with Crippen LogP contribution in [0.4, 0.5) is 11.4 Å². The molecule has 0 aliphatic rings. The van der Waals surface area contributed by atoms with Gasteiger partial charge in [-0.3, -0.25) is 10.1 Å². The van der Waals surface area contributed by atoms with Crippen LogP contribution in [0.5, 0.6) is 5.75 Å². The molecular weight excluding hydrogens is 266 g/mol. The molecule has 100 valence electrons. The van der Waals surface area contributed by atoms with Gasteiger partial charge < -0.3 is 10.5 Å². The zero-order chi connectivity index (χ0) is 13.8. The molecule has 0 unspecified atom stereocenters. The standard InChI is InChI=1S/C12H13N3O3S/c1-8-12(19-7-14-8)4-5-18-11-3-2-9(15(16)17)6-10(11)13/h2-3,6-7H,4-5,13H2,1H3. The number of aryl methyl sites for hydroxylation is 1. The Morgan fingerprint density at radius 1 is 1.53 bits per heavy atom. The molecule has 0 aliphatic heterocycles. The molecule has 0 fully saturated rings. The third-order valence-electron chi connectivity index (χ3n) is 2.64. The Morgan fingerprint density at radius 2 is 2.32 bits per heavy atom. The number of hydrogen-bond acceptors (Lipinski definition) is 6. The van der Waals surface area contributed by atoms with Gasteiger partial charge in [0.2, 0.25) is 0 Å². The van der Waals surface area contributed by atoms with Crippen molar-refractivity contribution >= 4 is 22.7 Å². The fourth-order valence-electron chi connectivity index (χ4n) is 1.60. The van der Waals surface area contributed by atoms with E-state index in [2.05, 4.69) is 4.98 Å². The van der Waals surface area contributed by atoms with Gasteiger partial charge in [-0.25, -0.2) is 4.98 Å². The molecule has 6 nitrogen and oxygen atoms in total. The summed E-state index contributed by atoms with van der Waals surface area (Å²) in [6, 6.07) is 4.20. The van der Waals surface area contributed by atoms with E-state index in [-0.39, 0.29) is 11.4 Å². The maximum Gasteiger partial charge on any atom is 0.271 e. The van der Waals surface area contributed by atoms with Crippen LogP contribution in [0.2, 0.25) is 0 Å². The number of benzene rings is 1. The van der Waals surface area contributed by atoms with E-state index in [9.17, 15) is 10.1 Å². The highest BCUT2D eigenvalue weighted by atomic mass is 32.1. The van der Waals surface area contributed by atoms with Crippen LogP contribution in [0.15, 0.2) is 23.7 Å². The van der Waals surface area contributed by atoms with Gasteiger partial charge in [0.15, 0.2) is 0 Å². The predicted molar refractivity (Wildman–Crippen MR) is 73.6 cm³/mol. The van der Waals surface area contributed by atoms with Crippen molar-refractivity contribution in [2.24, 2.45) is 0 Å². The average molecular weight is 279 g/mol. The summed E-state index contributed by atoms with van der Waals surface area (Å²) in [5.74, 6) is 0.466. The number of aromatic nitrogens is 1. The number of hydrogen-bond donors (Lipinski definition) is 1. The first-order valence-electron chi connectivity index (χ1n) is 5.63. The van der Waals surface area contributed by atoms with Crippen molar-refractivity contribution in [3.8, 4) is 5.75 Å². The Hall–Kier alpha value is -2.15. The van der Waals surface area contributed by atoms with Gasteiger partial charge in [0.05, 0.1) is 28.4 Å². The van der Waals surface area contributed by atoms with E-state index in [1.54, 1.807) is 16.8 Å². The van der Waals surface area contributed by atoms with Crippen molar-refractivity contribution < 1.29 is 9.66 Å². The second kappa shape index (κ2) is 5.66. The fourth-order valence-corrected chi connectivity index (χ4v) is 2.36. The smallest absolute Gasteiger partial charge is 0.271 e. The first-order chi connectivity index (χ1) is 9.08. The van der Waals surface area contributed by atoms with Gasteiger partial charge in [0.1, 0.15) is 5.75 Å². The van der Waals surface area contributed by atoms with Gasteiger partial charge in [0.25, 0.3) is 5.69 Å². The van der Waals surface area contributed by atoms with E-state index < -0.39 is 4.92 Å². The lowest BCUT2D eigenvalue weighted by atomic mass is 10.2. The monoisotopic (exact) mass is 279 g/mol. The molecule has 2 rings (SSSR count). The molecule has 2 N–H and O–H groups in total. The number of nitro groups is 1. The molecule has 0 saturated carbocycles. The van der Waals surface area contributed by atoms with E-state index in [1.807, 2.05) is 6.92 Å². The number of thiazole rings is 1. The van der Waals surface area contributed by atoms with Gasteiger partial charge in [-0.05, 0) is 13.0 Å². The zero-order valence-corrected chi connectivity index (χ0v) is 11.1. The Bertz CT molecular complexity index is 598. The minimum absolute atomic E-state index is 0.0387. The summed E-state index contributed by atoms with van der Waals surface area (Å²) in [4.78, 5) is 15.4. The second-order valence-corrected chi connectivity index (χ2v) is 4.88. The van der Waals surface area contributed by atoms with Crippen molar-refractivity contribution in [2.75, 3.05) is 12.3 Å². The quantitative estimate of drug-likeness (QED) is 0.516. The minimum Gasteiger partial charge on any atom is -0.491 e. The first kappa shape index (κ1) is 13.3. The SMILES string of the molecule is Cc1ncsc1CCOc1ccc([N+](=O)[O-])cc1N. The van der Waals surface area contributed by atoms with E-state index in [0.717, 1.165) is 12.1 Å². The molecule has 0 saturated heterocycles. The number of anilines is 1. The van der Waals surface area contributed by atoms with Crippen molar-refractivity contribution in [3.05, 3.63) is 44.4 Å². The summed E-state index contributed by atoms with van der Waals surface area (Å²) in [5, 5.41) is 10.6. The number of nitrogens with two attached hydrogens (primary N) is 1. The van der Waals surface area contributed by atoms with Crippen LogP contribution in [-0.4, -0.2) is 16.5 Å². The lowest BCUT2D eigenvalue weighted by Crippen LogP contribution is -2.03. The van der Waals surface area contributed by atoms with E-state index in [4.69, 9.17) is 10.5 Å². The number of nitro benzene ring substituents is 1. The first-order valence-corrected chi connectivity index (χ1v) is 6.51. The van der Waals surface area contributed by atoms with Crippen LogP contribution in [0.25, 0.3) is 0 Å². The molecule has 0 radical (unpaired) electrons. The largest absolute Gasteiger partial charge is 0.491 e. The Kier molecular flexibility index (Phi) is 3.96. The molecule has 1 aromatic heterocycles. The lowest BCUT2D eigenvalue weighted by molar-refractivity contribution is -0.384. The maximum atomic E-state index is 10.6. The Labute approximate surface area is 114 Å². The summed E-state index contributed by atoms with van der Waals surface area (Å²) >= 11 is 1.58. The molecule has 0 bridgehead atoms. The molecule has 7 heteroatoms. The predicted octanol–water partition coefficient (Wildman–Crippen LogP) is 2.56. The number of ether oxygens (including phenoxy) is 1. The van der Waals surface area contributed by atoms with Gasteiger partial charge in [-0.1, -0.05) is 0 Å². The van der Waals surface area contributed by atoms with Crippen LogP contribution in [0.3, 0.4) is 0 Å². The van der Waals surface area contributed by atoms with Gasteiger partial charge in [-0.2, -0.15) is 0 Å². The molecule has 0 atom stereocenters. The molecule has 1 aromatic carbocycles. The number of rotatable bonds is 5. The van der Waals surface area contributed by atoms with Gasteiger partial charge in [-0.15, -0.1) is 11.3 Å². The van der Waals surface area contributed by atoms with Crippen LogP contribution < -0.4 is 10.5 Å². The minimum atomic E-state index is -0.485. The van der Waals surface area contributed by atoms with E-state index in [1.165, 1.54) is 23.1 Å². The molecule has 0 aliphatic carbocycles. The van der Waals surface area contributed by atoms with Crippen LogP contribution in [0.1, 0.15) is 10.6 Å². The normalized spacial score (nSPS) is 10.4. The van der Waals surface area contributed by atoms with Gasteiger partial charge >= 0.3 is 0 Å². The van der Waals surface area contributed by atoms with Crippen molar-refractivity contribution in [1.82, 2.24) is 4.98 Å². The van der Waals surface area contributed by atoms with Crippen LogP contribution in [-0.2, 0) is 6.42 Å². The Morgan fingerprint density at radius 3 is 2.89 bits per heavy atom. The van der Waals surface area contributed by atoms with Crippen molar-refractivity contribution in [1.29, 1.82) is 0 Å². The number of nitrogens with zero attached hydrogens (tertiary/aromatic N) is 2.